The van der Waals surface area contributed by atoms with Gasteiger partial charge in [-0.05, 0) is 25.3 Å². The summed E-state index contributed by atoms with van der Waals surface area (Å²) in [5, 5.41) is 10.7. The molecule has 1 aromatic heterocycles. The number of hydrogen-bond donors (Lipinski definition) is 1. The Bertz CT molecular complexity index is 785. The number of rotatable bonds is 4. The van der Waals surface area contributed by atoms with Gasteiger partial charge in [0.2, 0.25) is 0 Å². The van der Waals surface area contributed by atoms with Crippen LogP contribution in [0.15, 0.2) is 41.3 Å². The molecule has 0 amide bonds. The van der Waals surface area contributed by atoms with Crippen LogP contribution in [0, 0.1) is 0 Å². The number of fused-ring (bicyclic) bond motifs is 1. The standard InChI is InChI=1S/C18H20N2O4/c1-2-24-18(23)14-11-19-16-13(9-6-10-20(16)17(14)22)15(21)12-7-4-3-5-8-12/h3-5,7-8,11,13,15,21H,2,6,9-10H2,1H3/t13-,15+/m0/s1. The Labute approximate surface area is 139 Å². The van der Waals surface area contributed by atoms with Gasteiger partial charge in [-0.2, -0.15) is 0 Å². The lowest BCUT2D eigenvalue weighted by Gasteiger charge is -2.29. The molecule has 0 radical (unpaired) electrons. The van der Waals surface area contributed by atoms with Crippen LogP contribution in [0.5, 0.6) is 0 Å². The molecule has 1 aliphatic rings. The third-order valence-corrected chi connectivity index (χ3v) is 4.32. The topological polar surface area (TPSA) is 81.4 Å². The van der Waals surface area contributed by atoms with Gasteiger partial charge in [-0.25, -0.2) is 9.78 Å². The molecule has 0 fully saturated rings. The van der Waals surface area contributed by atoms with E-state index in [-0.39, 0.29) is 18.1 Å². The first kappa shape index (κ1) is 16.4. The van der Waals surface area contributed by atoms with E-state index in [1.165, 1.54) is 10.8 Å². The summed E-state index contributed by atoms with van der Waals surface area (Å²) in [6.07, 6.45) is 2.01. The van der Waals surface area contributed by atoms with Crippen molar-refractivity contribution in [2.45, 2.75) is 38.3 Å². The Kier molecular flexibility index (Phi) is 4.76. The largest absolute Gasteiger partial charge is 0.462 e. The lowest BCUT2D eigenvalue weighted by atomic mass is 9.88. The van der Waals surface area contributed by atoms with Crippen LogP contribution >= 0.6 is 0 Å². The molecule has 0 saturated carbocycles. The summed E-state index contributed by atoms with van der Waals surface area (Å²) in [6, 6.07) is 9.33. The van der Waals surface area contributed by atoms with Crippen molar-refractivity contribution in [2.24, 2.45) is 0 Å². The van der Waals surface area contributed by atoms with E-state index in [2.05, 4.69) is 4.98 Å². The highest BCUT2D eigenvalue weighted by atomic mass is 16.5. The van der Waals surface area contributed by atoms with E-state index in [1.54, 1.807) is 6.92 Å². The number of aromatic nitrogens is 2. The first-order valence-electron chi connectivity index (χ1n) is 8.13. The molecular weight excluding hydrogens is 308 g/mol. The van der Waals surface area contributed by atoms with E-state index >= 15 is 0 Å². The number of carbonyl (C=O) groups is 1. The second-order valence-corrected chi connectivity index (χ2v) is 5.81. The zero-order valence-electron chi connectivity index (χ0n) is 13.5. The Balaban J connectivity index is 1.98. The van der Waals surface area contributed by atoms with E-state index < -0.39 is 17.6 Å². The number of carbonyl (C=O) groups excluding carboxylic acids is 1. The quantitative estimate of drug-likeness (QED) is 0.869. The van der Waals surface area contributed by atoms with Gasteiger partial charge in [0.25, 0.3) is 5.56 Å². The number of ether oxygens (including phenoxy) is 1. The zero-order valence-corrected chi connectivity index (χ0v) is 13.5. The van der Waals surface area contributed by atoms with Crippen LogP contribution in [0.25, 0.3) is 0 Å². The van der Waals surface area contributed by atoms with E-state index in [1.807, 2.05) is 30.3 Å². The third kappa shape index (κ3) is 2.97. The molecule has 6 heteroatoms. The van der Waals surface area contributed by atoms with Crippen molar-refractivity contribution in [3.63, 3.8) is 0 Å². The lowest BCUT2D eigenvalue weighted by Crippen LogP contribution is -2.35. The second-order valence-electron chi connectivity index (χ2n) is 5.81. The smallest absolute Gasteiger partial charge is 0.345 e. The molecule has 6 nitrogen and oxygen atoms in total. The van der Waals surface area contributed by atoms with Gasteiger partial charge in [0, 0.05) is 18.7 Å². The van der Waals surface area contributed by atoms with Gasteiger partial charge in [-0.15, -0.1) is 0 Å². The number of aliphatic hydroxyl groups excluding tert-OH is 1. The predicted octanol–water partition coefficient (Wildman–Crippen LogP) is 2.03. The molecule has 0 saturated heterocycles. The molecule has 24 heavy (non-hydrogen) atoms. The van der Waals surface area contributed by atoms with E-state index in [0.29, 0.717) is 12.4 Å². The normalized spacial score (nSPS) is 17.8. The summed E-state index contributed by atoms with van der Waals surface area (Å²) in [5.41, 5.74) is 0.332. The number of benzene rings is 1. The molecule has 0 spiro atoms. The van der Waals surface area contributed by atoms with Gasteiger partial charge < -0.3 is 9.84 Å². The van der Waals surface area contributed by atoms with Crippen LogP contribution in [0.4, 0.5) is 0 Å². The Morgan fingerprint density at radius 3 is 2.88 bits per heavy atom. The number of esters is 1. The predicted molar refractivity (Wildman–Crippen MR) is 87.8 cm³/mol. The zero-order chi connectivity index (χ0) is 17.1. The second kappa shape index (κ2) is 6.97. The molecule has 0 unspecified atom stereocenters. The summed E-state index contributed by atoms with van der Waals surface area (Å²) in [4.78, 5) is 28.8. The van der Waals surface area contributed by atoms with Gasteiger partial charge in [0.05, 0.1) is 12.7 Å². The van der Waals surface area contributed by atoms with Crippen molar-refractivity contribution in [3.05, 3.63) is 63.8 Å². The molecule has 1 N–H and O–H groups in total. The Hall–Kier alpha value is -2.47. The maximum absolute atomic E-state index is 12.6. The molecule has 3 rings (SSSR count). The molecule has 1 aromatic carbocycles. The minimum Gasteiger partial charge on any atom is -0.462 e. The molecule has 1 aliphatic heterocycles. The fourth-order valence-electron chi connectivity index (χ4n) is 3.15. The molecule has 2 heterocycles. The Morgan fingerprint density at radius 1 is 1.42 bits per heavy atom. The monoisotopic (exact) mass is 328 g/mol. The first-order valence-corrected chi connectivity index (χ1v) is 8.13. The van der Waals surface area contributed by atoms with E-state index in [0.717, 1.165) is 18.4 Å². The van der Waals surface area contributed by atoms with Gasteiger partial charge in [0.1, 0.15) is 11.4 Å². The highest BCUT2D eigenvalue weighted by Crippen LogP contribution is 2.35. The molecule has 2 aromatic rings. The number of aliphatic hydroxyl groups is 1. The number of hydrogen-bond acceptors (Lipinski definition) is 5. The third-order valence-electron chi connectivity index (χ3n) is 4.32. The summed E-state index contributed by atoms with van der Waals surface area (Å²) in [6.45, 7) is 2.38. The van der Waals surface area contributed by atoms with Crippen LogP contribution in [0.1, 0.15) is 53.5 Å². The highest BCUT2D eigenvalue weighted by molar-refractivity contribution is 5.88. The van der Waals surface area contributed by atoms with E-state index in [4.69, 9.17) is 4.74 Å². The summed E-state index contributed by atoms with van der Waals surface area (Å²) >= 11 is 0. The van der Waals surface area contributed by atoms with Crippen LogP contribution in [-0.4, -0.2) is 27.2 Å². The van der Waals surface area contributed by atoms with Crippen LogP contribution in [0.2, 0.25) is 0 Å². The van der Waals surface area contributed by atoms with E-state index in [9.17, 15) is 14.7 Å². The average molecular weight is 328 g/mol. The molecule has 2 atom stereocenters. The van der Waals surface area contributed by atoms with Crippen molar-refractivity contribution in [1.29, 1.82) is 0 Å². The maximum Gasteiger partial charge on any atom is 0.345 e. The summed E-state index contributed by atoms with van der Waals surface area (Å²) < 4.78 is 6.39. The lowest BCUT2D eigenvalue weighted by molar-refractivity contribution is 0.0522. The minimum absolute atomic E-state index is 0.0598. The SMILES string of the molecule is CCOC(=O)c1cnc2n(c1=O)CCC[C@H]2[C@H](O)c1ccccc1. The fraction of sp³-hybridized carbons (Fsp3) is 0.389. The summed E-state index contributed by atoms with van der Waals surface area (Å²) in [5.74, 6) is -0.406. The van der Waals surface area contributed by atoms with Crippen molar-refractivity contribution in [2.75, 3.05) is 6.61 Å². The van der Waals surface area contributed by atoms with Gasteiger partial charge in [-0.3, -0.25) is 9.36 Å². The Morgan fingerprint density at radius 2 is 2.17 bits per heavy atom. The molecular formula is C18H20N2O4. The van der Waals surface area contributed by atoms with Gasteiger partial charge in [0.15, 0.2) is 0 Å². The van der Waals surface area contributed by atoms with Crippen molar-refractivity contribution < 1.29 is 14.6 Å². The van der Waals surface area contributed by atoms with Crippen LogP contribution in [-0.2, 0) is 11.3 Å². The highest BCUT2D eigenvalue weighted by Gasteiger charge is 2.31. The van der Waals surface area contributed by atoms with Crippen molar-refractivity contribution >= 4 is 5.97 Å². The van der Waals surface area contributed by atoms with Crippen molar-refractivity contribution in [3.8, 4) is 0 Å². The minimum atomic E-state index is -0.738. The van der Waals surface area contributed by atoms with Crippen LogP contribution in [0.3, 0.4) is 0 Å². The number of nitrogens with zero attached hydrogens (tertiary/aromatic N) is 2. The summed E-state index contributed by atoms with van der Waals surface area (Å²) in [7, 11) is 0. The average Bonchev–Trinajstić information content (AvgIpc) is 2.62. The molecule has 0 bridgehead atoms. The van der Waals surface area contributed by atoms with Crippen molar-refractivity contribution in [1.82, 2.24) is 9.55 Å². The first-order chi connectivity index (χ1) is 11.6. The van der Waals surface area contributed by atoms with Gasteiger partial charge >= 0.3 is 5.97 Å². The van der Waals surface area contributed by atoms with Gasteiger partial charge in [-0.1, -0.05) is 30.3 Å². The fourth-order valence-corrected chi connectivity index (χ4v) is 3.15. The van der Waals surface area contributed by atoms with Crippen LogP contribution < -0.4 is 5.56 Å². The maximum atomic E-state index is 12.6. The molecule has 126 valence electrons. The molecule has 0 aliphatic carbocycles.